The van der Waals surface area contributed by atoms with Crippen molar-refractivity contribution in [3.8, 4) is 0 Å². The van der Waals surface area contributed by atoms with Crippen LogP contribution in [0.3, 0.4) is 0 Å². The van der Waals surface area contributed by atoms with Crippen LogP contribution < -0.4 is 32.7 Å². The van der Waals surface area contributed by atoms with Gasteiger partial charge in [-0.05, 0) is 61.6 Å². The molecule has 9 N–H and O–H groups in total. The van der Waals surface area contributed by atoms with Crippen molar-refractivity contribution in [1.29, 1.82) is 0 Å². The first-order valence-electron chi connectivity index (χ1n) is 16.3. The molecule has 2 aromatic rings. The Hall–Kier alpha value is -4.29. The van der Waals surface area contributed by atoms with E-state index in [4.69, 9.17) is 11.5 Å². The minimum absolute atomic E-state index is 0.00998. The van der Waals surface area contributed by atoms with E-state index >= 15 is 0 Å². The van der Waals surface area contributed by atoms with Crippen LogP contribution in [0, 0.1) is 11.8 Å². The topological polar surface area (TPSA) is 206 Å². The van der Waals surface area contributed by atoms with Crippen molar-refractivity contribution in [3.05, 3.63) is 71.8 Å². The molecule has 12 heteroatoms. The lowest BCUT2D eigenvalue weighted by atomic mass is 9.98. The Bertz CT molecular complexity index is 1290. The summed E-state index contributed by atoms with van der Waals surface area (Å²) < 4.78 is 0. The number of hydrogen-bond donors (Lipinski definition) is 7. The van der Waals surface area contributed by atoms with Crippen molar-refractivity contribution >= 4 is 29.6 Å². The van der Waals surface area contributed by atoms with Crippen molar-refractivity contribution < 1.29 is 29.1 Å². The van der Waals surface area contributed by atoms with E-state index in [1.54, 1.807) is 13.8 Å². The maximum atomic E-state index is 13.7. The third-order valence-electron chi connectivity index (χ3n) is 7.70. The van der Waals surface area contributed by atoms with E-state index in [0.717, 1.165) is 11.1 Å². The summed E-state index contributed by atoms with van der Waals surface area (Å²) in [7, 11) is 0. The van der Waals surface area contributed by atoms with Crippen LogP contribution in [0.2, 0.25) is 0 Å². The van der Waals surface area contributed by atoms with Gasteiger partial charge in [-0.3, -0.25) is 19.2 Å². The first kappa shape index (κ1) is 38.9. The Morgan fingerprint density at radius 2 is 1.17 bits per heavy atom. The molecule has 5 unspecified atom stereocenters. The van der Waals surface area contributed by atoms with E-state index in [0.29, 0.717) is 19.4 Å². The highest BCUT2D eigenvalue weighted by molar-refractivity contribution is 5.95. The number of nitrogens with one attached hydrogen (secondary N) is 4. The van der Waals surface area contributed by atoms with Gasteiger partial charge in [0.25, 0.3) is 0 Å². The second-order valence-corrected chi connectivity index (χ2v) is 12.7. The van der Waals surface area contributed by atoms with Crippen molar-refractivity contribution in [2.45, 2.75) is 96.4 Å². The van der Waals surface area contributed by atoms with Gasteiger partial charge in [-0.1, -0.05) is 88.4 Å². The standard InChI is InChI=1S/C35H52N6O6/c1-22(2)19-28(32(43)38-27(35(46)47)17-11-12-18-36)40-34(45)30(23(3)4)41-33(44)29(21-25-15-9-6-10-16-25)39-31(42)26(37)20-24-13-7-5-8-14-24/h5-10,13-16,22-23,26-30H,11-12,17-21,36-37H2,1-4H3,(H,38,43)(H,39,42)(H,40,45)(H,41,44)(H,46,47). The normalized spacial score (nSPS) is 14.4. The largest absolute Gasteiger partial charge is 0.480 e. The van der Waals surface area contributed by atoms with Gasteiger partial charge in [0.15, 0.2) is 0 Å². The van der Waals surface area contributed by atoms with Crippen molar-refractivity contribution in [3.63, 3.8) is 0 Å². The summed E-state index contributed by atoms with van der Waals surface area (Å²) in [6.07, 6.45) is 2.02. The summed E-state index contributed by atoms with van der Waals surface area (Å²) >= 11 is 0. The average molecular weight is 653 g/mol. The highest BCUT2D eigenvalue weighted by Gasteiger charge is 2.33. The molecule has 2 aromatic carbocycles. The molecule has 47 heavy (non-hydrogen) atoms. The number of rotatable bonds is 20. The molecule has 2 rings (SSSR count). The van der Waals surface area contributed by atoms with Crippen LogP contribution in [0.5, 0.6) is 0 Å². The third kappa shape index (κ3) is 13.9. The van der Waals surface area contributed by atoms with Crippen LogP contribution in [0.4, 0.5) is 0 Å². The van der Waals surface area contributed by atoms with E-state index in [2.05, 4.69) is 21.3 Å². The minimum atomic E-state index is -1.17. The molecule has 0 aromatic heterocycles. The van der Waals surface area contributed by atoms with Crippen molar-refractivity contribution in [1.82, 2.24) is 21.3 Å². The zero-order chi connectivity index (χ0) is 34.9. The number of nitrogens with two attached hydrogens (primary N) is 2. The molecule has 4 amide bonds. The zero-order valence-corrected chi connectivity index (χ0v) is 27.9. The fourth-order valence-corrected chi connectivity index (χ4v) is 5.07. The van der Waals surface area contributed by atoms with Gasteiger partial charge >= 0.3 is 5.97 Å². The molecule has 0 saturated carbocycles. The summed E-state index contributed by atoms with van der Waals surface area (Å²) in [4.78, 5) is 65.5. The number of carbonyl (C=O) groups is 5. The van der Waals surface area contributed by atoms with Crippen LogP contribution in [0.1, 0.15) is 64.5 Å². The van der Waals surface area contributed by atoms with E-state index in [9.17, 15) is 29.1 Å². The van der Waals surface area contributed by atoms with E-state index < -0.39 is 65.7 Å². The van der Waals surface area contributed by atoms with E-state index in [1.807, 2.05) is 74.5 Å². The number of amides is 4. The van der Waals surface area contributed by atoms with Crippen molar-refractivity contribution in [2.75, 3.05) is 6.54 Å². The molecular weight excluding hydrogens is 600 g/mol. The first-order chi connectivity index (χ1) is 22.3. The van der Waals surface area contributed by atoms with Gasteiger partial charge < -0.3 is 37.8 Å². The van der Waals surface area contributed by atoms with Gasteiger partial charge in [0.2, 0.25) is 23.6 Å². The fourth-order valence-electron chi connectivity index (χ4n) is 5.07. The van der Waals surface area contributed by atoms with Gasteiger partial charge in [0.1, 0.15) is 24.2 Å². The number of benzene rings is 2. The number of carboxylic acid groups (broad SMARTS) is 1. The van der Waals surface area contributed by atoms with Gasteiger partial charge in [-0.25, -0.2) is 4.79 Å². The van der Waals surface area contributed by atoms with Crippen LogP contribution in [0.15, 0.2) is 60.7 Å². The molecule has 12 nitrogen and oxygen atoms in total. The molecule has 0 fully saturated rings. The molecule has 0 radical (unpaired) electrons. The Morgan fingerprint density at radius 3 is 1.68 bits per heavy atom. The summed E-state index contributed by atoms with van der Waals surface area (Å²) in [6, 6.07) is 13.3. The number of carboxylic acids is 1. The van der Waals surface area contributed by atoms with Gasteiger partial charge in [-0.15, -0.1) is 0 Å². The number of carbonyl (C=O) groups excluding carboxylic acids is 4. The average Bonchev–Trinajstić information content (AvgIpc) is 3.02. The summed E-state index contributed by atoms with van der Waals surface area (Å²) in [6.45, 7) is 7.67. The van der Waals surface area contributed by atoms with Gasteiger partial charge in [-0.2, -0.15) is 0 Å². The SMILES string of the molecule is CC(C)CC(NC(=O)C(NC(=O)C(Cc1ccccc1)NC(=O)C(N)Cc1ccccc1)C(C)C)C(=O)NC(CCCCN)C(=O)O. The van der Waals surface area contributed by atoms with E-state index in [1.165, 1.54) is 0 Å². The first-order valence-corrected chi connectivity index (χ1v) is 16.3. The quantitative estimate of drug-likeness (QED) is 0.105. The maximum absolute atomic E-state index is 13.7. The molecule has 0 saturated heterocycles. The maximum Gasteiger partial charge on any atom is 0.326 e. The molecular formula is C35H52N6O6. The Morgan fingerprint density at radius 1 is 0.660 bits per heavy atom. The van der Waals surface area contributed by atoms with Gasteiger partial charge in [0, 0.05) is 6.42 Å². The van der Waals surface area contributed by atoms with Crippen LogP contribution in [-0.4, -0.2) is 71.5 Å². The lowest BCUT2D eigenvalue weighted by molar-refractivity contribution is -0.142. The van der Waals surface area contributed by atoms with Crippen LogP contribution in [0.25, 0.3) is 0 Å². The highest BCUT2D eigenvalue weighted by atomic mass is 16.4. The Labute approximate surface area is 277 Å². The van der Waals surface area contributed by atoms with Crippen molar-refractivity contribution in [2.24, 2.45) is 23.3 Å². The predicted octanol–water partition coefficient (Wildman–Crippen LogP) is 1.65. The molecule has 0 bridgehead atoms. The zero-order valence-electron chi connectivity index (χ0n) is 27.9. The molecule has 0 spiro atoms. The van der Waals surface area contributed by atoms with Gasteiger partial charge in [0.05, 0.1) is 6.04 Å². The highest BCUT2D eigenvalue weighted by Crippen LogP contribution is 2.11. The smallest absolute Gasteiger partial charge is 0.326 e. The summed E-state index contributed by atoms with van der Waals surface area (Å²) in [5, 5.41) is 20.5. The molecule has 0 aliphatic carbocycles. The molecule has 5 atom stereocenters. The second-order valence-electron chi connectivity index (χ2n) is 12.7. The molecule has 0 aliphatic heterocycles. The number of aliphatic carboxylic acids is 1. The molecule has 258 valence electrons. The minimum Gasteiger partial charge on any atom is -0.480 e. The van der Waals surface area contributed by atoms with Crippen LogP contribution >= 0.6 is 0 Å². The lowest BCUT2D eigenvalue weighted by Gasteiger charge is -2.28. The van der Waals surface area contributed by atoms with E-state index in [-0.39, 0.29) is 31.6 Å². The predicted molar refractivity (Wildman–Crippen MR) is 181 cm³/mol. The van der Waals surface area contributed by atoms with Crippen LogP contribution in [-0.2, 0) is 36.8 Å². The summed E-state index contributed by atoms with van der Waals surface area (Å²) in [5.74, 6) is -3.89. The monoisotopic (exact) mass is 652 g/mol. The fraction of sp³-hybridized carbons (Fsp3) is 0.514. The number of hydrogen-bond acceptors (Lipinski definition) is 7. The third-order valence-corrected chi connectivity index (χ3v) is 7.70. The molecule has 0 aliphatic rings. The molecule has 0 heterocycles. The Kier molecular flexibility index (Phi) is 16.6. The number of unbranched alkanes of at least 4 members (excludes halogenated alkanes) is 1. The lowest BCUT2D eigenvalue weighted by Crippen LogP contribution is -2.60. The second kappa shape index (κ2) is 20.1. The summed E-state index contributed by atoms with van der Waals surface area (Å²) in [5.41, 5.74) is 13.4. The Balaban J connectivity index is 2.21.